The van der Waals surface area contributed by atoms with Crippen LogP contribution in [0.25, 0.3) is 55.3 Å². The van der Waals surface area contributed by atoms with Gasteiger partial charge in [-0.2, -0.15) is 0 Å². The monoisotopic (exact) mass is 502 g/mol. The van der Waals surface area contributed by atoms with E-state index in [1.54, 1.807) is 0 Å². The molecule has 0 unspecified atom stereocenters. The van der Waals surface area contributed by atoms with E-state index >= 15 is 0 Å². The van der Waals surface area contributed by atoms with Crippen LogP contribution in [0.1, 0.15) is 0 Å². The minimum Gasteiger partial charge on any atom is -0.456 e. The number of oxazole rings is 1. The Labute approximate surface area is 224 Å². The number of anilines is 3. The Kier molecular flexibility index (Phi) is 4.79. The van der Waals surface area contributed by atoms with Gasteiger partial charge in [-0.1, -0.05) is 66.7 Å². The molecule has 0 fully saturated rings. The number of nitrogens with zero attached hydrogens (tertiary/aromatic N) is 2. The molecule has 0 radical (unpaired) electrons. The predicted molar refractivity (Wildman–Crippen MR) is 159 cm³/mol. The zero-order valence-corrected chi connectivity index (χ0v) is 20.9. The van der Waals surface area contributed by atoms with Crippen LogP contribution in [0.5, 0.6) is 0 Å². The van der Waals surface area contributed by atoms with Crippen molar-refractivity contribution < 1.29 is 8.83 Å². The Morgan fingerprint density at radius 1 is 0.462 bits per heavy atom. The third kappa shape index (κ3) is 3.65. The summed E-state index contributed by atoms with van der Waals surface area (Å²) < 4.78 is 12.5. The van der Waals surface area contributed by atoms with Crippen LogP contribution in [-0.2, 0) is 0 Å². The first-order valence-corrected chi connectivity index (χ1v) is 13.0. The number of rotatable bonds is 4. The van der Waals surface area contributed by atoms with Crippen molar-refractivity contribution in [3.63, 3.8) is 0 Å². The number of benzene rings is 6. The summed E-state index contributed by atoms with van der Waals surface area (Å²) in [6.07, 6.45) is 0. The number of para-hydroxylation sites is 1. The van der Waals surface area contributed by atoms with Crippen LogP contribution in [0.15, 0.2) is 142 Å². The van der Waals surface area contributed by atoms with E-state index in [0.29, 0.717) is 5.89 Å². The van der Waals surface area contributed by atoms with Gasteiger partial charge in [0.15, 0.2) is 5.58 Å². The van der Waals surface area contributed by atoms with Crippen molar-refractivity contribution in [3.05, 3.63) is 133 Å². The van der Waals surface area contributed by atoms with E-state index in [-0.39, 0.29) is 0 Å². The topological polar surface area (TPSA) is 42.4 Å². The molecule has 0 amide bonds. The van der Waals surface area contributed by atoms with E-state index in [2.05, 4.69) is 89.8 Å². The average molecular weight is 503 g/mol. The van der Waals surface area contributed by atoms with E-state index in [4.69, 9.17) is 13.8 Å². The first-order chi connectivity index (χ1) is 19.3. The van der Waals surface area contributed by atoms with E-state index in [1.165, 1.54) is 10.8 Å². The Morgan fingerprint density at radius 3 is 2.00 bits per heavy atom. The molecular weight excluding hydrogens is 480 g/mol. The molecule has 0 aliphatic heterocycles. The van der Waals surface area contributed by atoms with E-state index < -0.39 is 0 Å². The Balaban J connectivity index is 1.27. The van der Waals surface area contributed by atoms with Crippen LogP contribution in [0, 0.1) is 0 Å². The molecule has 2 heterocycles. The first kappa shape index (κ1) is 21.7. The Bertz CT molecular complexity index is 2130. The lowest BCUT2D eigenvalue weighted by Crippen LogP contribution is -2.09. The first-order valence-electron chi connectivity index (χ1n) is 13.0. The molecule has 0 spiro atoms. The van der Waals surface area contributed by atoms with E-state index in [0.717, 1.165) is 55.7 Å². The summed E-state index contributed by atoms with van der Waals surface area (Å²) in [5.41, 5.74) is 7.28. The molecule has 4 heteroatoms. The average Bonchev–Trinajstić information content (AvgIpc) is 3.57. The highest BCUT2D eigenvalue weighted by molar-refractivity contribution is 6.09. The van der Waals surface area contributed by atoms with Crippen LogP contribution in [-0.4, -0.2) is 4.98 Å². The highest BCUT2D eigenvalue weighted by atomic mass is 16.4. The lowest BCUT2D eigenvalue weighted by Gasteiger charge is -2.25. The van der Waals surface area contributed by atoms with Gasteiger partial charge in [0.1, 0.15) is 16.7 Å². The fourth-order valence-electron chi connectivity index (χ4n) is 5.37. The van der Waals surface area contributed by atoms with Crippen molar-refractivity contribution in [2.45, 2.75) is 0 Å². The zero-order chi connectivity index (χ0) is 25.8. The fraction of sp³-hybridized carbons (Fsp3) is 0. The summed E-state index contributed by atoms with van der Waals surface area (Å²) in [6.45, 7) is 0. The highest BCUT2D eigenvalue weighted by Gasteiger charge is 2.17. The van der Waals surface area contributed by atoms with Gasteiger partial charge in [0.05, 0.1) is 0 Å². The summed E-state index contributed by atoms with van der Waals surface area (Å²) in [7, 11) is 0. The quantitative estimate of drug-likeness (QED) is 0.240. The molecule has 8 aromatic rings. The number of hydrogen-bond donors (Lipinski definition) is 0. The normalized spacial score (nSPS) is 11.6. The third-order valence-electron chi connectivity index (χ3n) is 7.25. The molecule has 8 rings (SSSR count). The number of furan rings is 1. The third-order valence-corrected chi connectivity index (χ3v) is 7.25. The molecule has 39 heavy (non-hydrogen) atoms. The molecule has 0 saturated carbocycles. The largest absolute Gasteiger partial charge is 0.456 e. The molecule has 0 atom stereocenters. The van der Waals surface area contributed by atoms with Crippen LogP contribution in [0.3, 0.4) is 0 Å². The molecule has 0 aliphatic rings. The van der Waals surface area contributed by atoms with Crippen LogP contribution in [0.4, 0.5) is 17.1 Å². The van der Waals surface area contributed by atoms with Crippen LogP contribution < -0.4 is 4.90 Å². The van der Waals surface area contributed by atoms with Crippen molar-refractivity contribution in [1.82, 2.24) is 4.98 Å². The molecule has 2 aromatic heterocycles. The molecule has 0 saturated heterocycles. The SMILES string of the molecule is c1ccc(-c2nc3cc4oc5cc(N(c6ccccc6)c6ccc7ccccc7c6)ccc5c4cc3o2)cc1. The second kappa shape index (κ2) is 8.61. The molecule has 4 nitrogen and oxygen atoms in total. The van der Waals surface area contributed by atoms with Crippen molar-refractivity contribution >= 4 is 60.9 Å². The van der Waals surface area contributed by atoms with Crippen molar-refractivity contribution in [3.8, 4) is 11.5 Å². The minimum absolute atomic E-state index is 0.610. The minimum atomic E-state index is 0.610. The smallest absolute Gasteiger partial charge is 0.227 e. The summed E-state index contributed by atoms with van der Waals surface area (Å²) in [5, 5.41) is 4.47. The van der Waals surface area contributed by atoms with Crippen LogP contribution >= 0.6 is 0 Å². The lowest BCUT2D eigenvalue weighted by atomic mass is 10.1. The van der Waals surface area contributed by atoms with Crippen molar-refractivity contribution in [1.29, 1.82) is 0 Å². The maximum Gasteiger partial charge on any atom is 0.227 e. The maximum atomic E-state index is 6.40. The summed E-state index contributed by atoms with van der Waals surface area (Å²) >= 11 is 0. The predicted octanol–water partition coefficient (Wildman–Crippen LogP) is 10.0. The van der Waals surface area contributed by atoms with Gasteiger partial charge in [-0.25, -0.2) is 4.98 Å². The molecule has 184 valence electrons. The summed E-state index contributed by atoms with van der Waals surface area (Å²) in [6, 6.07) is 45.8. The van der Waals surface area contributed by atoms with Gasteiger partial charge >= 0.3 is 0 Å². The summed E-state index contributed by atoms with van der Waals surface area (Å²) in [4.78, 5) is 6.98. The lowest BCUT2D eigenvalue weighted by molar-refractivity contribution is 0.620. The molecular formula is C35H22N2O2. The number of fused-ring (bicyclic) bond motifs is 5. The van der Waals surface area contributed by atoms with E-state index in [9.17, 15) is 0 Å². The highest BCUT2D eigenvalue weighted by Crippen LogP contribution is 2.40. The fourth-order valence-corrected chi connectivity index (χ4v) is 5.37. The Hall–Kier alpha value is -5.35. The van der Waals surface area contributed by atoms with E-state index in [1.807, 2.05) is 48.5 Å². The van der Waals surface area contributed by atoms with Crippen LogP contribution in [0.2, 0.25) is 0 Å². The Morgan fingerprint density at radius 2 is 1.15 bits per heavy atom. The van der Waals surface area contributed by atoms with Gasteiger partial charge in [0.25, 0.3) is 0 Å². The van der Waals surface area contributed by atoms with Gasteiger partial charge in [0, 0.05) is 45.5 Å². The second-order valence-electron chi connectivity index (χ2n) is 9.69. The molecule has 0 bridgehead atoms. The number of hydrogen-bond acceptors (Lipinski definition) is 4. The molecule has 0 aliphatic carbocycles. The van der Waals surface area contributed by atoms with Gasteiger partial charge in [-0.05, 0) is 65.4 Å². The molecule has 0 N–H and O–H groups in total. The summed E-state index contributed by atoms with van der Waals surface area (Å²) in [5.74, 6) is 0.610. The van der Waals surface area contributed by atoms with Gasteiger partial charge in [0.2, 0.25) is 5.89 Å². The standard InChI is InChI=1S/C35H22N2O2/c1-3-10-24(11-4-1)35-36-31-22-33-30(21-34(31)39-35)29-18-17-28(20-32(29)38-33)37(26-13-5-2-6-14-26)27-16-15-23-9-7-8-12-25(23)19-27/h1-22H. The zero-order valence-electron chi connectivity index (χ0n) is 20.9. The second-order valence-corrected chi connectivity index (χ2v) is 9.69. The van der Waals surface area contributed by atoms with Gasteiger partial charge in [-0.15, -0.1) is 0 Å². The van der Waals surface area contributed by atoms with Gasteiger partial charge in [-0.3, -0.25) is 0 Å². The van der Waals surface area contributed by atoms with Crippen molar-refractivity contribution in [2.75, 3.05) is 4.90 Å². The number of aromatic nitrogens is 1. The van der Waals surface area contributed by atoms with Gasteiger partial charge < -0.3 is 13.7 Å². The van der Waals surface area contributed by atoms with Crippen molar-refractivity contribution in [2.24, 2.45) is 0 Å². The molecule has 6 aromatic carbocycles. The maximum absolute atomic E-state index is 6.40.